The lowest BCUT2D eigenvalue weighted by Gasteiger charge is -2.15. The highest BCUT2D eigenvalue weighted by Gasteiger charge is 2.36. The summed E-state index contributed by atoms with van der Waals surface area (Å²) in [6.45, 7) is 4.11. The molecule has 1 aromatic carbocycles. The lowest BCUT2D eigenvalue weighted by Crippen LogP contribution is -2.19. The Balaban J connectivity index is 1.65. The molecule has 1 amide bonds. The number of carbonyl (C=O) groups excluding carboxylic acids is 1. The number of aryl methyl sites for hydroxylation is 1. The van der Waals surface area contributed by atoms with Crippen molar-refractivity contribution in [2.24, 2.45) is 0 Å². The number of hydrogen-bond donors (Lipinski definition) is 2. The molecular formula is C20H23BrN4O2. The van der Waals surface area contributed by atoms with E-state index in [9.17, 15) is 4.79 Å². The SMILES string of the molecule is CCCOCCNc1nc2c(c(C3C(=O)Nc4ccc(Br)cc43)n1)CCC2. The van der Waals surface area contributed by atoms with E-state index in [1.165, 1.54) is 0 Å². The van der Waals surface area contributed by atoms with E-state index in [1.807, 2.05) is 18.2 Å². The molecule has 0 bridgehead atoms. The van der Waals surface area contributed by atoms with Gasteiger partial charge in [-0.15, -0.1) is 0 Å². The van der Waals surface area contributed by atoms with Crippen molar-refractivity contribution in [3.63, 3.8) is 0 Å². The highest BCUT2D eigenvalue weighted by atomic mass is 79.9. The molecule has 1 aliphatic heterocycles. The van der Waals surface area contributed by atoms with Crippen LogP contribution in [0.3, 0.4) is 0 Å². The van der Waals surface area contributed by atoms with Gasteiger partial charge in [-0.25, -0.2) is 9.97 Å². The first kappa shape index (κ1) is 18.4. The summed E-state index contributed by atoms with van der Waals surface area (Å²) in [5, 5.41) is 6.25. The van der Waals surface area contributed by atoms with Gasteiger partial charge < -0.3 is 15.4 Å². The van der Waals surface area contributed by atoms with Crippen molar-refractivity contribution in [1.82, 2.24) is 9.97 Å². The maximum atomic E-state index is 12.8. The van der Waals surface area contributed by atoms with Crippen LogP contribution >= 0.6 is 15.9 Å². The van der Waals surface area contributed by atoms with Crippen molar-refractivity contribution in [3.8, 4) is 0 Å². The Bertz CT molecular complexity index is 871. The van der Waals surface area contributed by atoms with Gasteiger partial charge in [-0.1, -0.05) is 22.9 Å². The molecule has 2 N–H and O–H groups in total. The van der Waals surface area contributed by atoms with Gasteiger partial charge in [0.05, 0.1) is 12.3 Å². The highest BCUT2D eigenvalue weighted by Crippen LogP contribution is 2.41. The van der Waals surface area contributed by atoms with Gasteiger partial charge in [0.2, 0.25) is 11.9 Å². The number of aromatic nitrogens is 2. The molecule has 1 aromatic heterocycles. The molecule has 2 heterocycles. The Morgan fingerprint density at radius 2 is 2.19 bits per heavy atom. The molecule has 2 aromatic rings. The molecule has 6 nitrogen and oxygen atoms in total. The normalized spacial score (nSPS) is 17.6. The molecule has 0 spiro atoms. The second kappa shape index (κ2) is 7.94. The van der Waals surface area contributed by atoms with Gasteiger partial charge in [0, 0.05) is 29.0 Å². The third-order valence-corrected chi connectivity index (χ3v) is 5.45. The number of nitrogens with zero attached hydrogens (tertiary/aromatic N) is 2. The predicted molar refractivity (Wildman–Crippen MR) is 108 cm³/mol. The molecule has 1 atom stereocenters. The van der Waals surface area contributed by atoms with Gasteiger partial charge in [-0.2, -0.15) is 0 Å². The zero-order valence-electron chi connectivity index (χ0n) is 15.3. The molecule has 0 saturated heterocycles. The van der Waals surface area contributed by atoms with Crippen LogP contribution in [0.15, 0.2) is 22.7 Å². The van der Waals surface area contributed by atoms with E-state index in [2.05, 4.69) is 38.5 Å². The molecule has 4 rings (SSSR count). The van der Waals surface area contributed by atoms with Crippen molar-refractivity contribution in [2.45, 2.75) is 38.5 Å². The van der Waals surface area contributed by atoms with Crippen LogP contribution in [0.25, 0.3) is 0 Å². The van der Waals surface area contributed by atoms with E-state index in [-0.39, 0.29) is 11.8 Å². The van der Waals surface area contributed by atoms with Gasteiger partial charge in [0.25, 0.3) is 0 Å². The van der Waals surface area contributed by atoms with Crippen molar-refractivity contribution >= 4 is 33.5 Å². The van der Waals surface area contributed by atoms with Crippen LogP contribution in [0.5, 0.6) is 0 Å². The second-order valence-corrected chi connectivity index (χ2v) is 7.82. The third kappa shape index (κ3) is 3.71. The van der Waals surface area contributed by atoms with E-state index in [0.29, 0.717) is 19.1 Å². The summed E-state index contributed by atoms with van der Waals surface area (Å²) in [6, 6.07) is 5.88. The summed E-state index contributed by atoms with van der Waals surface area (Å²) >= 11 is 3.52. The summed E-state index contributed by atoms with van der Waals surface area (Å²) in [7, 11) is 0. The summed E-state index contributed by atoms with van der Waals surface area (Å²) in [5.74, 6) is 0.180. The van der Waals surface area contributed by atoms with Crippen LogP contribution in [-0.4, -0.2) is 35.6 Å². The fourth-order valence-electron chi connectivity index (χ4n) is 3.76. The fraction of sp³-hybridized carbons (Fsp3) is 0.450. The molecule has 1 aliphatic carbocycles. The predicted octanol–water partition coefficient (Wildman–Crippen LogP) is 3.65. The molecule has 0 radical (unpaired) electrons. The number of carbonyl (C=O) groups is 1. The van der Waals surface area contributed by atoms with Crippen LogP contribution in [0.1, 0.15) is 48.2 Å². The largest absolute Gasteiger partial charge is 0.380 e. The van der Waals surface area contributed by atoms with Gasteiger partial charge >= 0.3 is 0 Å². The second-order valence-electron chi connectivity index (χ2n) is 6.90. The maximum absolute atomic E-state index is 12.8. The number of nitrogens with one attached hydrogen (secondary N) is 2. The van der Waals surface area contributed by atoms with Crippen LogP contribution in [-0.2, 0) is 22.4 Å². The van der Waals surface area contributed by atoms with E-state index < -0.39 is 0 Å². The highest BCUT2D eigenvalue weighted by molar-refractivity contribution is 9.10. The first-order valence-corrected chi connectivity index (χ1v) is 10.3. The Kier molecular flexibility index (Phi) is 5.41. The third-order valence-electron chi connectivity index (χ3n) is 4.96. The number of hydrogen-bond acceptors (Lipinski definition) is 5. The Labute approximate surface area is 167 Å². The number of fused-ring (bicyclic) bond motifs is 2. The maximum Gasteiger partial charge on any atom is 0.238 e. The smallest absolute Gasteiger partial charge is 0.238 e. The minimum absolute atomic E-state index is 0.0203. The standard InChI is InChI=1S/C20H23BrN4O2/c1-2-9-27-10-8-22-20-24-15-5-3-4-13(15)18(25-20)17-14-11-12(21)6-7-16(14)23-19(17)26/h6-7,11,17H,2-5,8-10H2,1H3,(H,23,26)(H,22,24,25). The fourth-order valence-corrected chi connectivity index (χ4v) is 4.14. The van der Waals surface area contributed by atoms with Crippen molar-refractivity contribution in [2.75, 3.05) is 30.4 Å². The molecule has 27 heavy (non-hydrogen) atoms. The number of anilines is 2. The summed E-state index contributed by atoms with van der Waals surface area (Å²) < 4.78 is 6.47. The van der Waals surface area contributed by atoms with Crippen molar-refractivity contribution in [3.05, 3.63) is 45.2 Å². The van der Waals surface area contributed by atoms with Crippen LogP contribution in [0, 0.1) is 0 Å². The summed E-state index contributed by atoms with van der Waals surface area (Å²) in [5.41, 5.74) is 4.87. The van der Waals surface area contributed by atoms with Crippen LogP contribution in [0.2, 0.25) is 0 Å². The van der Waals surface area contributed by atoms with Crippen molar-refractivity contribution < 1.29 is 9.53 Å². The van der Waals surface area contributed by atoms with Gasteiger partial charge in [0.1, 0.15) is 5.92 Å². The Morgan fingerprint density at radius 1 is 1.30 bits per heavy atom. The number of ether oxygens (including phenoxy) is 1. The number of amides is 1. The van der Waals surface area contributed by atoms with Crippen LogP contribution in [0.4, 0.5) is 11.6 Å². The van der Waals surface area contributed by atoms with Gasteiger partial charge in [-0.3, -0.25) is 4.79 Å². The summed E-state index contributed by atoms with van der Waals surface area (Å²) in [4.78, 5) is 22.2. The number of benzene rings is 1. The first-order chi connectivity index (χ1) is 13.2. The monoisotopic (exact) mass is 430 g/mol. The molecule has 2 aliphatic rings. The Hall–Kier alpha value is -1.99. The van der Waals surface area contributed by atoms with E-state index >= 15 is 0 Å². The Morgan fingerprint density at radius 3 is 3.04 bits per heavy atom. The number of rotatable bonds is 7. The molecule has 7 heteroatoms. The summed E-state index contributed by atoms with van der Waals surface area (Å²) in [6.07, 6.45) is 3.92. The van der Waals surface area contributed by atoms with Gasteiger partial charge in [-0.05, 0) is 55.0 Å². The average Bonchev–Trinajstić information content (AvgIpc) is 3.24. The molecular weight excluding hydrogens is 408 g/mol. The quantitative estimate of drug-likeness (QED) is 0.655. The molecule has 0 fully saturated rings. The average molecular weight is 431 g/mol. The molecule has 142 valence electrons. The lowest BCUT2D eigenvalue weighted by atomic mass is 9.93. The minimum Gasteiger partial charge on any atom is -0.380 e. The van der Waals surface area contributed by atoms with E-state index in [1.54, 1.807) is 0 Å². The van der Waals surface area contributed by atoms with Crippen LogP contribution < -0.4 is 10.6 Å². The molecule has 1 unspecified atom stereocenters. The van der Waals surface area contributed by atoms with Gasteiger partial charge in [0.15, 0.2) is 0 Å². The minimum atomic E-state index is -0.385. The molecule has 0 saturated carbocycles. The lowest BCUT2D eigenvalue weighted by molar-refractivity contribution is -0.116. The number of halogens is 1. The van der Waals surface area contributed by atoms with E-state index in [4.69, 9.17) is 9.72 Å². The van der Waals surface area contributed by atoms with E-state index in [0.717, 1.165) is 65.0 Å². The van der Waals surface area contributed by atoms with Crippen molar-refractivity contribution in [1.29, 1.82) is 0 Å². The topological polar surface area (TPSA) is 76.1 Å². The zero-order valence-corrected chi connectivity index (χ0v) is 16.9. The zero-order chi connectivity index (χ0) is 18.8. The first-order valence-electron chi connectivity index (χ1n) is 9.49.